The Bertz CT molecular complexity index is 949. The van der Waals surface area contributed by atoms with Crippen molar-refractivity contribution < 1.29 is 9.32 Å². The van der Waals surface area contributed by atoms with Gasteiger partial charge < -0.3 is 14.7 Å². The van der Waals surface area contributed by atoms with E-state index >= 15 is 0 Å². The maximum atomic E-state index is 12.9. The lowest BCUT2D eigenvalue weighted by molar-refractivity contribution is 0.206. The van der Waals surface area contributed by atoms with Gasteiger partial charge in [0.2, 0.25) is 0 Å². The topological polar surface area (TPSA) is 89.1 Å². The Kier molecular flexibility index (Phi) is 4.57. The van der Waals surface area contributed by atoms with Crippen LogP contribution in [-0.2, 0) is 0 Å². The van der Waals surface area contributed by atoms with Crippen molar-refractivity contribution in [2.24, 2.45) is 0 Å². The summed E-state index contributed by atoms with van der Waals surface area (Å²) in [5.74, 6) is 0.762. The molecule has 0 spiro atoms. The lowest BCUT2D eigenvalue weighted by Crippen LogP contribution is -2.34. The molecule has 1 aliphatic rings. The molecular weight excluding hydrogens is 368 g/mol. The molecular formula is C18H19ClN6O2. The number of aromatic nitrogens is 4. The number of benzene rings is 1. The summed E-state index contributed by atoms with van der Waals surface area (Å²) in [5, 5.41) is 11.5. The minimum Gasteiger partial charge on any atom is -0.361 e. The van der Waals surface area contributed by atoms with E-state index in [1.165, 1.54) is 6.33 Å². The molecule has 1 aliphatic heterocycles. The molecule has 1 fully saturated rings. The molecule has 1 atom stereocenters. The van der Waals surface area contributed by atoms with E-state index in [0.717, 1.165) is 29.9 Å². The van der Waals surface area contributed by atoms with Crippen LogP contribution in [0.2, 0.25) is 5.02 Å². The van der Waals surface area contributed by atoms with Gasteiger partial charge in [0, 0.05) is 17.8 Å². The smallest absolute Gasteiger partial charge is 0.322 e. The van der Waals surface area contributed by atoms with Gasteiger partial charge in [0.05, 0.1) is 22.4 Å². The van der Waals surface area contributed by atoms with Gasteiger partial charge in [-0.3, -0.25) is 0 Å². The maximum absolute atomic E-state index is 12.9. The zero-order valence-electron chi connectivity index (χ0n) is 15.0. The van der Waals surface area contributed by atoms with E-state index < -0.39 is 0 Å². The fourth-order valence-electron chi connectivity index (χ4n) is 3.57. The Hall–Kier alpha value is -2.87. The third-order valence-electron chi connectivity index (χ3n) is 4.80. The standard InChI is InChI=1S/C18H19ClN6O2/c1-11-17(12(2)27-23-11)16-4-3-7-24(16)18(26)22-13-5-6-15(14(19)8-13)25-10-20-9-21-25/h5-6,8-10,16H,3-4,7H2,1-2H3,(H,22,26)/t16-/m0/s1. The number of rotatable bonds is 3. The number of carbonyl (C=O) groups excluding carboxylic acids is 1. The SMILES string of the molecule is Cc1noc(C)c1[C@@H]1CCCN1C(=O)Nc1ccc(-n2cncn2)c(Cl)c1. The fourth-order valence-corrected chi connectivity index (χ4v) is 3.84. The number of anilines is 1. The zero-order valence-corrected chi connectivity index (χ0v) is 15.8. The first kappa shape index (κ1) is 17.5. The highest BCUT2D eigenvalue weighted by molar-refractivity contribution is 6.32. The van der Waals surface area contributed by atoms with Crippen LogP contribution in [0.25, 0.3) is 5.69 Å². The number of aryl methyl sites for hydroxylation is 2. The summed E-state index contributed by atoms with van der Waals surface area (Å²) < 4.78 is 6.85. The lowest BCUT2D eigenvalue weighted by atomic mass is 10.0. The van der Waals surface area contributed by atoms with Crippen molar-refractivity contribution >= 4 is 23.3 Å². The third-order valence-corrected chi connectivity index (χ3v) is 5.10. The van der Waals surface area contributed by atoms with Gasteiger partial charge in [0.15, 0.2) is 0 Å². The number of halogens is 1. The first-order valence-corrected chi connectivity index (χ1v) is 9.07. The molecule has 3 heterocycles. The molecule has 0 unspecified atom stereocenters. The van der Waals surface area contributed by atoms with E-state index in [-0.39, 0.29) is 12.1 Å². The van der Waals surface area contributed by atoms with Crippen molar-refractivity contribution in [2.45, 2.75) is 32.7 Å². The van der Waals surface area contributed by atoms with Gasteiger partial charge in [-0.05, 0) is 44.9 Å². The van der Waals surface area contributed by atoms with E-state index in [4.69, 9.17) is 16.1 Å². The highest BCUT2D eigenvalue weighted by Crippen LogP contribution is 2.36. The largest absolute Gasteiger partial charge is 0.361 e. The second-order valence-electron chi connectivity index (χ2n) is 6.53. The van der Waals surface area contributed by atoms with Crippen molar-refractivity contribution in [1.29, 1.82) is 0 Å². The van der Waals surface area contributed by atoms with E-state index in [1.54, 1.807) is 29.2 Å². The molecule has 0 aliphatic carbocycles. The number of carbonyl (C=O) groups is 1. The average Bonchev–Trinajstić information content (AvgIpc) is 3.36. The van der Waals surface area contributed by atoms with Gasteiger partial charge in [-0.1, -0.05) is 16.8 Å². The first-order chi connectivity index (χ1) is 13.0. The van der Waals surface area contributed by atoms with Crippen LogP contribution in [0.3, 0.4) is 0 Å². The monoisotopic (exact) mass is 386 g/mol. The molecule has 0 bridgehead atoms. The van der Waals surface area contributed by atoms with Crippen molar-refractivity contribution in [1.82, 2.24) is 24.8 Å². The number of likely N-dealkylation sites (tertiary alicyclic amines) is 1. The van der Waals surface area contributed by atoms with Crippen molar-refractivity contribution in [3.63, 3.8) is 0 Å². The van der Waals surface area contributed by atoms with Gasteiger partial charge in [0.1, 0.15) is 18.4 Å². The molecule has 8 nitrogen and oxygen atoms in total. The van der Waals surface area contributed by atoms with Crippen LogP contribution >= 0.6 is 11.6 Å². The number of amides is 2. The van der Waals surface area contributed by atoms with E-state index in [1.807, 2.05) is 18.7 Å². The van der Waals surface area contributed by atoms with Gasteiger partial charge >= 0.3 is 6.03 Å². The van der Waals surface area contributed by atoms with E-state index in [0.29, 0.717) is 22.9 Å². The molecule has 140 valence electrons. The summed E-state index contributed by atoms with van der Waals surface area (Å²) >= 11 is 6.34. The summed E-state index contributed by atoms with van der Waals surface area (Å²) in [6.45, 7) is 4.47. The van der Waals surface area contributed by atoms with Crippen LogP contribution in [0.4, 0.5) is 10.5 Å². The molecule has 2 amide bonds. The maximum Gasteiger partial charge on any atom is 0.322 e. The Balaban J connectivity index is 1.53. The highest BCUT2D eigenvalue weighted by Gasteiger charge is 2.33. The fraction of sp³-hybridized carbons (Fsp3) is 0.333. The molecule has 3 aromatic rings. The summed E-state index contributed by atoms with van der Waals surface area (Å²) in [4.78, 5) is 18.6. The number of hydrogen-bond donors (Lipinski definition) is 1. The second-order valence-corrected chi connectivity index (χ2v) is 6.93. The van der Waals surface area contributed by atoms with Gasteiger partial charge in [0.25, 0.3) is 0 Å². The van der Waals surface area contributed by atoms with Gasteiger partial charge in [-0.15, -0.1) is 0 Å². The summed E-state index contributed by atoms with van der Waals surface area (Å²) in [6, 6.07) is 5.10. The van der Waals surface area contributed by atoms with Crippen LogP contribution in [0.15, 0.2) is 35.4 Å². The van der Waals surface area contributed by atoms with Crippen molar-refractivity contribution in [2.75, 3.05) is 11.9 Å². The molecule has 1 saturated heterocycles. The summed E-state index contributed by atoms with van der Waals surface area (Å²) in [6.07, 6.45) is 4.84. The van der Waals surface area contributed by atoms with E-state index in [9.17, 15) is 4.79 Å². The summed E-state index contributed by atoms with van der Waals surface area (Å²) in [7, 11) is 0. The average molecular weight is 387 g/mol. The summed E-state index contributed by atoms with van der Waals surface area (Å²) in [5.41, 5.74) is 3.15. The first-order valence-electron chi connectivity index (χ1n) is 8.69. The highest BCUT2D eigenvalue weighted by atomic mass is 35.5. The second kappa shape index (κ2) is 7.03. The Morgan fingerprint density at radius 3 is 2.89 bits per heavy atom. The predicted octanol–water partition coefficient (Wildman–Crippen LogP) is 3.89. The molecule has 1 aromatic carbocycles. The van der Waals surface area contributed by atoms with Crippen LogP contribution < -0.4 is 5.32 Å². The van der Waals surface area contributed by atoms with Crippen molar-refractivity contribution in [3.8, 4) is 5.69 Å². The Morgan fingerprint density at radius 2 is 2.22 bits per heavy atom. The number of urea groups is 1. The molecule has 27 heavy (non-hydrogen) atoms. The third kappa shape index (κ3) is 3.28. The minimum absolute atomic E-state index is 0.0267. The van der Waals surface area contributed by atoms with Gasteiger partial charge in [-0.2, -0.15) is 5.10 Å². The molecule has 0 radical (unpaired) electrons. The molecule has 2 aromatic heterocycles. The zero-order chi connectivity index (χ0) is 19.0. The van der Waals surface area contributed by atoms with Crippen LogP contribution in [0.1, 0.15) is 35.9 Å². The molecule has 1 N–H and O–H groups in total. The number of nitrogens with zero attached hydrogens (tertiary/aromatic N) is 5. The lowest BCUT2D eigenvalue weighted by Gasteiger charge is -2.25. The molecule has 0 saturated carbocycles. The molecule has 4 rings (SSSR count). The van der Waals surface area contributed by atoms with Crippen LogP contribution in [-0.4, -0.2) is 37.4 Å². The van der Waals surface area contributed by atoms with Gasteiger partial charge in [-0.25, -0.2) is 14.5 Å². The van der Waals surface area contributed by atoms with Crippen molar-refractivity contribution in [3.05, 3.63) is 52.9 Å². The number of nitrogens with one attached hydrogen (secondary N) is 1. The normalized spacial score (nSPS) is 16.7. The minimum atomic E-state index is -0.165. The van der Waals surface area contributed by atoms with Crippen LogP contribution in [0.5, 0.6) is 0 Å². The van der Waals surface area contributed by atoms with Crippen LogP contribution in [0, 0.1) is 13.8 Å². The Morgan fingerprint density at radius 1 is 1.37 bits per heavy atom. The molecule has 9 heteroatoms. The Labute approximate surface area is 161 Å². The quantitative estimate of drug-likeness (QED) is 0.737. The van der Waals surface area contributed by atoms with E-state index in [2.05, 4.69) is 20.6 Å². The number of hydrogen-bond acceptors (Lipinski definition) is 5. The predicted molar refractivity (Wildman–Crippen MR) is 100 cm³/mol.